The minimum Gasteiger partial charge on any atom is -0.490 e. The molecule has 1 unspecified atom stereocenters. The molecule has 112 valence electrons. The summed E-state index contributed by atoms with van der Waals surface area (Å²) in [5, 5.41) is 13.9. The largest absolute Gasteiger partial charge is 0.490 e. The third-order valence-electron chi connectivity index (χ3n) is 3.44. The van der Waals surface area contributed by atoms with Crippen LogP contribution in [0, 0.1) is 0 Å². The Morgan fingerprint density at radius 2 is 1.71 bits per heavy atom. The van der Waals surface area contributed by atoms with Crippen molar-refractivity contribution in [1.29, 1.82) is 0 Å². The summed E-state index contributed by atoms with van der Waals surface area (Å²) >= 11 is 0. The summed E-state index contributed by atoms with van der Waals surface area (Å²) in [6.45, 7) is 5.75. The summed E-state index contributed by atoms with van der Waals surface area (Å²) in [5.74, 6) is 0.814. The van der Waals surface area contributed by atoms with Crippen molar-refractivity contribution in [1.82, 2.24) is 5.32 Å². The zero-order chi connectivity index (χ0) is 15.1. The summed E-state index contributed by atoms with van der Waals surface area (Å²) in [4.78, 5) is 0. The molecule has 21 heavy (non-hydrogen) atoms. The fraction of sp³-hybridized carbons (Fsp3) is 0.333. The van der Waals surface area contributed by atoms with Gasteiger partial charge < -0.3 is 15.2 Å². The number of ether oxygens (including phenoxy) is 1. The lowest BCUT2D eigenvalue weighted by atomic mass is 9.97. The zero-order valence-electron chi connectivity index (χ0n) is 12.7. The topological polar surface area (TPSA) is 41.5 Å². The van der Waals surface area contributed by atoms with Gasteiger partial charge in [-0.05, 0) is 25.1 Å². The van der Waals surface area contributed by atoms with E-state index in [-0.39, 0.29) is 6.61 Å². The molecule has 0 saturated heterocycles. The molecule has 1 atom stereocenters. The first-order valence-corrected chi connectivity index (χ1v) is 7.33. The van der Waals surface area contributed by atoms with E-state index in [9.17, 15) is 5.11 Å². The van der Waals surface area contributed by atoms with Crippen LogP contribution in [0.5, 0.6) is 5.75 Å². The fourth-order valence-corrected chi connectivity index (χ4v) is 2.15. The lowest BCUT2D eigenvalue weighted by molar-refractivity contribution is 0.00728. The molecule has 2 rings (SSSR count). The number of nitrogens with one attached hydrogen (secondary N) is 1. The SMILES string of the molecule is CCNCc1ccccc1OCC(C)(O)c1ccccc1. The number of hydrogen-bond donors (Lipinski definition) is 2. The van der Waals surface area contributed by atoms with Crippen LogP contribution in [0.25, 0.3) is 0 Å². The van der Waals surface area contributed by atoms with Crippen molar-refractivity contribution in [2.24, 2.45) is 0 Å². The van der Waals surface area contributed by atoms with Crippen molar-refractivity contribution in [3.63, 3.8) is 0 Å². The number of hydrogen-bond acceptors (Lipinski definition) is 3. The molecule has 3 heteroatoms. The van der Waals surface area contributed by atoms with E-state index in [1.165, 1.54) is 0 Å². The van der Waals surface area contributed by atoms with Crippen molar-refractivity contribution in [2.45, 2.75) is 26.0 Å². The molecule has 0 spiro atoms. The van der Waals surface area contributed by atoms with E-state index in [1.807, 2.05) is 54.6 Å². The first-order chi connectivity index (χ1) is 10.1. The van der Waals surface area contributed by atoms with Gasteiger partial charge in [0.2, 0.25) is 0 Å². The Morgan fingerprint density at radius 3 is 2.43 bits per heavy atom. The Labute approximate surface area is 126 Å². The normalized spacial score (nSPS) is 13.7. The molecule has 0 aliphatic carbocycles. The van der Waals surface area contributed by atoms with Crippen LogP contribution in [0.2, 0.25) is 0 Å². The minimum absolute atomic E-state index is 0.222. The third kappa shape index (κ3) is 4.31. The van der Waals surface area contributed by atoms with Crippen LogP contribution in [-0.4, -0.2) is 18.3 Å². The molecule has 0 aliphatic heterocycles. The summed E-state index contributed by atoms with van der Waals surface area (Å²) in [6.07, 6.45) is 0. The van der Waals surface area contributed by atoms with Gasteiger partial charge in [-0.2, -0.15) is 0 Å². The van der Waals surface area contributed by atoms with E-state index in [0.717, 1.165) is 30.0 Å². The monoisotopic (exact) mass is 285 g/mol. The van der Waals surface area contributed by atoms with E-state index in [2.05, 4.69) is 12.2 Å². The van der Waals surface area contributed by atoms with Crippen LogP contribution >= 0.6 is 0 Å². The molecule has 0 fully saturated rings. The Kier molecular flexibility index (Phi) is 5.37. The van der Waals surface area contributed by atoms with Gasteiger partial charge in [-0.15, -0.1) is 0 Å². The molecular weight excluding hydrogens is 262 g/mol. The highest BCUT2D eigenvalue weighted by atomic mass is 16.5. The quantitative estimate of drug-likeness (QED) is 0.821. The van der Waals surface area contributed by atoms with Gasteiger partial charge in [-0.3, -0.25) is 0 Å². The molecule has 2 N–H and O–H groups in total. The summed E-state index contributed by atoms with van der Waals surface area (Å²) in [7, 11) is 0. The molecule has 0 radical (unpaired) electrons. The average molecular weight is 285 g/mol. The second-order valence-corrected chi connectivity index (χ2v) is 5.32. The first-order valence-electron chi connectivity index (χ1n) is 7.33. The molecule has 0 aliphatic rings. The molecule has 0 bridgehead atoms. The fourth-order valence-electron chi connectivity index (χ4n) is 2.15. The number of aliphatic hydroxyl groups is 1. The van der Waals surface area contributed by atoms with Crippen LogP contribution in [0.4, 0.5) is 0 Å². The van der Waals surface area contributed by atoms with Gasteiger partial charge in [0.25, 0.3) is 0 Å². The van der Waals surface area contributed by atoms with Crippen LogP contribution in [0.15, 0.2) is 54.6 Å². The van der Waals surface area contributed by atoms with Gasteiger partial charge in [-0.25, -0.2) is 0 Å². The second kappa shape index (κ2) is 7.25. The van der Waals surface area contributed by atoms with Crippen LogP contribution in [0.1, 0.15) is 25.0 Å². The molecule has 2 aromatic rings. The predicted molar refractivity (Wildman–Crippen MR) is 85.3 cm³/mol. The molecule has 0 heterocycles. The van der Waals surface area contributed by atoms with Crippen molar-refractivity contribution < 1.29 is 9.84 Å². The molecule has 3 nitrogen and oxygen atoms in total. The number of rotatable bonds is 7. The van der Waals surface area contributed by atoms with Gasteiger partial charge >= 0.3 is 0 Å². The highest BCUT2D eigenvalue weighted by molar-refractivity contribution is 5.33. The van der Waals surface area contributed by atoms with Gasteiger partial charge in [-0.1, -0.05) is 55.5 Å². The van der Waals surface area contributed by atoms with Gasteiger partial charge in [0.1, 0.15) is 18.0 Å². The predicted octanol–water partition coefficient (Wildman–Crippen LogP) is 3.08. The standard InChI is InChI=1S/C18H23NO2/c1-3-19-13-15-9-7-8-12-17(15)21-14-18(2,20)16-10-5-4-6-11-16/h4-12,19-20H,3,13-14H2,1-2H3. The Morgan fingerprint density at radius 1 is 1.05 bits per heavy atom. The first kappa shape index (κ1) is 15.5. The van der Waals surface area contributed by atoms with Crippen molar-refractivity contribution in [2.75, 3.05) is 13.2 Å². The maximum absolute atomic E-state index is 10.6. The smallest absolute Gasteiger partial charge is 0.123 e. The van der Waals surface area contributed by atoms with Crippen LogP contribution < -0.4 is 10.1 Å². The second-order valence-electron chi connectivity index (χ2n) is 5.32. The maximum Gasteiger partial charge on any atom is 0.123 e. The Balaban J connectivity index is 2.06. The lowest BCUT2D eigenvalue weighted by Crippen LogP contribution is -2.29. The molecule has 0 amide bonds. The zero-order valence-corrected chi connectivity index (χ0v) is 12.7. The molecule has 0 saturated carbocycles. The summed E-state index contributed by atoms with van der Waals surface area (Å²) < 4.78 is 5.86. The van der Waals surface area contributed by atoms with Gasteiger partial charge in [0.05, 0.1) is 0 Å². The Bertz CT molecular complexity index is 552. The van der Waals surface area contributed by atoms with E-state index in [0.29, 0.717) is 0 Å². The Hall–Kier alpha value is -1.84. The molecule has 0 aromatic heterocycles. The van der Waals surface area contributed by atoms with Gasteiger partial charge in [0, 0.05) is 12.1 Å². The highest BCUT2D eigenvalue weighted by Gasteiger charge is 2.24. The maximum atomic E-state index is 10.6. The van der Waals surface area contributed by atoms with Crippen LogP contribution in [-0.2, 0) is 12.1 Å². The number of para-hydroxylation sites is 1. The van der Waals surface area contributed by atoms with Gasteiger partial charge in [0.15, 0.2) is 0 Å². The van der Waals surface area contributed by atoms with E-state index in [4.69, 9.17) is 4.74 Å². The van der Waals surface area contributed by atoms with Crippen molar-refractivity contribution >= 4 is 0 Å². The highest BCUT2D eigenvalue weighted by Crippen LogP contribution is 2.24. The van der Waals surface area contributed by atoms with Crippen molar-refractivity contribution in [3.8, 4) is 5.75 Å². The number of benzene rings is 2. The average Bonchev–Trinajstić information content (AvgIpc) is 2.52. The summed E-state index contributed by atoms with van der Waals surface area (Å²) in [5.41, 5.74) is 0.949. The van der Waals surface area contributed by atoms with E-state index in [1.54, 1.807) is 6.92 Å². The molecule has 2 aromatic carbocycles. The summed E-state index contributed by atoms with van der Waals surface area (Å²) in [6, 6.07) is 17.5. The third-order valence-corrected chi connectivity index (χ3v) is 3.44. The van der Waals surface area contributed by atoms with Crippen molar-refractivity contribution in [3.05, 3.63) is 65.7 Å². The van der Waals surface area contributed by atoms with E-state index >= 15 is 0 Å². The molecular formula is C18H23NO2. The lowest BCUT2D eigenvalue weighted by Gasteiger charge is -2.24. The van der Waals surface area contributed by atoms with E-state index < -0.39 is 5.60 Å². The van der Waals surface area contributed by atoms with Crippen LogP contribution in [0.3, 0.4) is 0 Å². The minimum atomic E-state index is -1.01.